The van der Waals surface area contributed by atoms with E-state index in [9.17, 15) is 9.50 Å². The maximum Gasteiger partial charge on any atom is 0.123 e. The van der Waals surface area contributed by atoms with Crippen LogP contribution in [0, 0.1) is 11.7 Å². The molecule has 1 aromatic carbocycles. The Bertz CT molecular complexity index is 587. The summed E-state index contributed by atoms with van der Waals surface area (Å²) in [5.41, 5.74) is 3.19. The average molecular weight is 302 g/mol. The lowest BCUT2D eigenvalue weighted by molar-refractivity contribution is 0.0780. The Morgan fingerprint density at radius 1 is 1.23 bits per heavy atom. The van der Waals surface area contributed by atoms with Crippen LogP contribution in [0.3, 0.4) is 0 Å². The van der Waals surface area contributed by atoms with E-state index in [1.807, 2.05) is 37.3 Å². The maximum atomic E-state index is 13.6. The molecule has 0 aromatic heterocycles. The van der Waals surface area contributed by atoms with E-state index in [1.165, 1.54) is 6.07 Å². The average Bonchev–Trinajstić information content (AvgIpc) is 2.53. The molecule has 0 saturated heterocycles. The van der Waals surface area contributed by atoms with Crippen molar-refractivity contribution in [2.24, 2.45) is 5.92 Å². The zero-order chi connectivity index (χ0) is 15.9. The van der Waals surface area contributed by atoms with E-state index in [4.69, 9.17) is 5.11 Å². The van der Waals surface area contributed by atoms with Crippen LogP contribution >= 0.6 is 0 Å². The standard InChI is InChI=1S/C19H23FO2/c1-14-6-4-2-3-5-7-15-8-9-18(20)11-17(15)10-16(14)12-19(22)13-21/h2-6,8-9,11,16,19,21-22H,7,10,12-13H2,1H3/b4-2-,5-3+,14-6+/t16-,19+/m1/s1. The fourth-order valence-electron chi connectivity index (χ4n) is 2.76. The van der Waals surface area contributed by atoms with E-state index in [0.717, 1.165) is 23.1 Å². The first-order valence-corrected chi connectivity index (χ1v) is 7.66. The van der Waals surface area contributed by atoms with Gasteiger partial charge in [-0.1, -0.05) is 42.0 Å². The van der Waals surface area contributed by atoms with Crippen molar-refractivity contribution in [2.75, 3.05) is 6.61 Å². The highest BCUT2D eigenvalue weighted by Gasteiger charge is 2.18. The molecule has 118 valence electrons. The first kappa shape index (κ1) is 16.7. The second-order valence-electron chi connectivity index (χ2n) is 5.81. The SMILES string of the molecule is C\C1=C/C=C\C=C\Cc2ccc(F)cc2C[C@@H]1C[C@H](O)CO. The van der Waals surface area contributed by atoms with Gasteiger partial charge in [0.25, 0.3) is 0 Å². The highest BCUT2D eigenvalue weighted by molar-refractivity contribution is 5.32. The van der Waals surface area contributed by atoms with Gasteiger partial charge in [-0.3, -0.25) is 0 Å². The summed E-state index contributed by atoms with van der Waals surface area (Å²) in [7, 11) is 0. The minimum Gasteiger partial charge on any atom is -0.394 e. The Morgan fingerprint density at radius 3 is 2.82 bits per heavy atom. The number of aliphatic hydroxyl groups excluding tert-OH is 2. The highest BCUT2D eigenvalue weighted by atomic mass is 19.1. The maximum absolute atomic E-state index is 13.6. The molecule has 0 spiro atoms. The summed E-state index contributed by atoms with van der Waals surface area (Å²) < 4.78 is 13.6. The fourth-order valence-corrected chi connectivity index (χ4v) is 2.76. The molecule has 0 bridgehead atoms. The van der Waals surface area contributed by atoms with Crippen LogP contribution in [0.1, 0.15) is 24.5 Å². The molecule has 22 heavy (non-hydrogen) atoms. The van der Waals surface area contributed by atoms with Crippen molar-refractivity contribution in [1.82, 2.24) is 0 Å². The third-order valence-electron chi connectivity index (χ3n) is 4.10. The van der Waals surface area contributed by atoms with Gasteiger partial charge in [0, 0.05) is 0 Å². The molecule has 0 heterocycles. The zero-order valence-corrected chi connectivity index (χ0v) is 12.9. The largest absolute Gasteiger partial charge is 0.394 e. The summed E-state index contributed by atoms with van der Waals surface area (Å²) in [6.45, 7) is 1.76. The normalized spacial score (nSPS) is 25.3. The van der Waals surface area contributed by atoms with Crippen LogP contribution in [0.25, 0.3) is 0 Å². The predicted molar refractivity (Wildman–Crippen MR) is 87.0 cm³/mol. The number of rotatable bonds is 3. The molecule has 1 aromatic rings. The van der Waals surface area contributed by atoms with E-state index in [2.05, 4.69) is 6.08 Å². The Hall–Kier alpha value is -1.71. The van der Waals surface area contributed by atoms with Gasteiger partial charge in [0.2, 0.25) is 0 Å². The van der Waals surface area contributed by atoms with Crippen LogP contribution in [0.4, 0.5) is 4.39 Å². The Morgan fingerprint density at radius 2 is 2.05 bits per heavy atom. The molecule has 2 nitrogen and oxygen atoms in total. The lowest BCUT2D eigenvalue weighted by Crippen LogP contribution is -2.20. The molecule has 0 amide bonds. The summed E-state index contributed by atoms with van der Waals surface area (Å²) >= 11 is 0. The Labute approximate surface area is 131 Å². The van der Waals surface area contributed by atoms with Crippen molar-refractivity contribution in [3.05, 3.63) is 71.1 Å². The molecule has 0 saturated carbocycles. The number of benzene rings is 1. The minimum atomic E-state index is -0.752. The molecule has 1 aliphatic carbocycles. The van der Waals surface area contributed by atoms with Gasteiger partial charge in [-0.2, -0.15) is 0 Å². The van der Waals surface area contributed by atoms with Gasteiger partial charge in [-0.15, -0.1) is 0 Å². The van der Waals surface area contributed by atoms with Crippen molar-refractivity contribution < 1.29 is 14.6 Å². The first-order valence-electron chi connectivity index (χ1n) is 7.66. The number of hydrogen-bond donors (Lipinski definition) is 2. The van der Waals surface area contributed by atoms with Crippen LogP contribution < -0.4 is 0 Å². The van der Waals surface area contributed by atoms with Crippen molar-refractivity contribution in [3.8, 4) is 0 Å². The Balaban J connectivity index is 2.36. The van der Waals surface area contributed by atoms with E-state index in [0.29, 0.717) is 12.8 Å². The zero-order valence-electron chi connectivity index (χ0n) is 12.9. The number of fused-ring (bicyclic) bond motifs is 1. The van der Waals surface area contributed by atoms with Crippen molar-refractivity contribution in [2.45, 2.75) is 32.3 Å². The smallest absolute Gasteiger partial charge is 0.123 e. The van der Waals surface area contributed by atoms with Crippen LogP contribution in [0.2, 0.25) is 0 Å². The summed E-state index contributed by atoms with van der Waals surface area (Å²) in [5, 5.41) is 18.9. The third kappa shape index (κ3) is 4.65. The molecule has 0 aliphatic heterocycles. The van der Waals surface area contributed by atoms with Gasteiger partial charge in [0.1, 0.15) is 5.82 Å². The molecule has 1 aliphatic rings. The summed E-state index contributed by atoms with van der Waals surface area (Å²) in [6, 6.07) is 4.90. The first-order chi connectivity index (χ1) is 10.6. The molecule has 2 rings (SSSR count). The van der Waals surface area contributed by atoms with Gasteiger partial charge in [-0.25, -0.2) is 4.39 Å². The molecular formula is C19H23FO2. The third-order valence-corrected chi connectivity index (χ3v) is 4.10. The van der Waals surface area contributed by atoms with E-state index >= 15 is 0 Å². The van der Waals surface area contributed by atoms with E-state index in [-0.39, 0.29) is 18.3 Å². The number of aliphatic hydroxyl groups is 2. The molecule has 0 fully saturated rings. The molecule has 2 atom stereocenters. The van der Waals surface area contributed by atoms with E-state index in [1.54, 1.807) is 6.07 Å². The number of allylic oxidation sites excluding steroid dienone is 6. The summed E-state index contributed by atoms with van der Waals surface area (Å²) in [6.07, 6.45) is 11.1. The lowest BCUT2D eigenvalue weighted by Gasteiger charge is -2.21. The molecular weight excluding hydrogens is 279 g/mol. The van der Waals surface area contributed by atoms with Crippen molar-refractivity contribution in [1.29, 1.82) is 0 Å². The van der Waals surface area contributed by atoms with Crippen LogP contribution in [0.5, 0.6) is 0 Å². The van der Waals surface area contributed by atoms with Gasteiger partial charge in [0.15, 0.2) is 0 Å². The van der Waals surface area contributed by atoms with Crippen molar-refractivity contribution in [3.63, 3.8) is 0 Å². The van der Waals surface area contributed by atoms with Gasteiger partial charge >= 0.3 is 0 Å². The quantitative estimate of drug-likeness (QED) is 0.899. The number of hydrogen-bond acceptors (Lipinski definition) is 2. The molecule has 0 unspecified atom stereocenters. The molecule has 3 heteroatoms. The van der Waals surface area contributed by atoms with Gasteiger partial charge < -0.3 is 10.2 Å². The Kier molecular flexibility index (Phi) is 6.10. The minimum absolute atomic E-state index is 0.0745. The fraction of sp³-hybridized carbons (Fsp3) is 0.368. The van der Waals surface area contributed by atoms with Crippen LogP contribution in [-0.4, -0.2) is 22.9 Å². The van der Waals surface area contributed by atoms with Gasteiger partial charge in [-0.05, 0) is 55.4 Å². The lowest BCUT2D eigenvalue weighted by atomic mass is 9.85. The van der Waals surface area contributed by atoms with E-state index < -0.39 is 6.10 Å². The van der Waals surface area contributed by atoms with Crippen LogP contribution in [-0.2, 0) is 12.8 Å². The number of halogens is 1. The monoisotopic (exact) mass is 302 g/mol. The second-order valence-corrected chi connectivity index (χ2v) is 5.81. The van der Waals surface area contributed by atoms with Gasteiger partial charge in [0.05, 0.1) is 12.7 Å². The highest BCUT2D eigenvalue weighted by Crippen LogP contribution is 2.25. The topological polar surface area (TPSA) is 40.5 Å². The predicted octanol–water partition coefficient (Wildman–Crippen LogP) is 3.34. The summed E-state index contributed by atoms with van der Waals surface area (Å²) in [5.74, 6) is -0.163. The van der Waals surface area contributed by atoms with Crippen molar-refractivity contribution >= 4 is 0 Å². The summed E-state index contributed by atoms with van der Waals surface area (Å²) in [4.78, 5) is 0. The van der Waals surface area contributed by atoms with Crippen LogP contribution in [0.15, 0.2) is 54.2 Å². The second kappa shape index (κ2) is 8.06. The molecule has 2 N–H and O–H groups in total. The molecule has 0 radical (unpaired) electrons.